The molecule has 0 saturated carbocycles. The summed E-state index contributed by atoms with van der Waals surface area (Å²) in [7, 11) is 0. The molecule has 0 spiro atoms. The highest BCUT2D eigenvalue weighted by atomic mass is 16.1. The third-order valence-electron chi connectivity index (χ3n) is 13.5. The lowest BCUT2D eigenvalue weighted by Crippen LogP contribution is -2.14. The predicted octanol–water partition coefficient (Wildman–Crippen LogP) is 13.7. The van der Waals surface area contributed by atoms with E-state index in [9.17, 15) is 4.79 Å². The number of rotatable bonds is 4. The van der Waals surface area contributed by atoms with Crippen LogP contribution in [0.15, 0.2) is 170 Å². The Morgan fingerprint density at radius 2 is 0.741 bits per heavy atom. The maximum Gasteiger partial charge on any atom is 0.193 e. The van der Waals surface area contributed by atoms with E-state index >= 15 is 0 Å². The van der Waals surface area contributed by atoms with Gasteiger partial charge < -0.3 is 9.13 Å². The fourth-order valence-electron chi connectivity index (χ4n) is 10.6. The van der Waals surface area contributed by atoms with E-state index in [0.29, 0.717) is 11.1 Å². The topological polar surface area (TPSA) is 26.9 Å². The van der Waals surface area contributed by atoms with Crippen molar-refractivity contribution in [1.82, 2.24) is 9.13 Å². The zero-order valence-electron chi connectivity index (χ0n) is 33.0. The van der Waals surface area contributed by atoms with Crippen LogP contribution in [0.1, 0.15) is 65.9 Å². The zero-order valence-corrected chi connectivity index (χ0v) is 33.0. The van der Waals surface area contributed by atoms with Crippen LogP contribution in [0.2, 0.25) is 0 Å². The molecule has 0 bridgehead atoms. The van der Waals surface area contributed by atoms with Crippen LogP contribution < -0.4 is 0 Å². The second kappa shape index (κ2) is 11.6. The van der Waals surface area contributed by atoms with Gasteiger partial charge in [0.15, 0.2) is 5.78 Å². The summed E-state index contributed by atoms with van der Waals surface area (Å²) in [6.45, 7) is 9.32. The molecular formula is C55H40N2O. The molecule has 0 fully saturated rings. The molecule has 0 radical (unpaired) electrons. The van der Waals surface area contributed by atoms with Gasteiger partial charge in [0.25, 0.3) is 0 Å². The average molecular weight is 745 g/mol. The van der Waals surface area contributed by atoms with Crippen molar-refractivity contribution < 1.29 is 4.79 Å². The molecule has 0 unspecified atom stereocenters. The fraction of sp³-hybridized carbons (Fsp3) is 0.109. The summed E-state index contributed by atoms with van der Waals surface area (Å²) in [5.74, 6) is 0.0188. The SMILES string of the molecule is CC1(C)c2ccccc2-c2cc3c4cc(C(=O)c5ccc6c(c5)c5cc7c(cc5n6-c5ccccc5)C(C)(C)c5ccccc5-7)ccc4n(-c4ccccc4)c3cc21. The van der Waals surface area contributed by atoms with E-state index in [-0.39, 0.29) is 16.6 Å². The van der Waals surface area contributed by atoms with Crippen molar-refractivity contribution in [2.45, 2.75) is 38.5 Å². The molecule has 2 aliphatic rings. The van der Waals surface area contributed by atoms with Crippen molar-refractivity contribution in [2.75, 3.05) is 0 Å². The van der Waals surface area contributed by atoms with Gasteiger partial charge in [-0.1, -0.05) is 113 Å². The number of carbonyl (C=O) groups excluding carboxylic acids is 1. The third kappa shape index (κ3) is 4.36. The molecule has 0 amide bonds. The first-order valence-electron chi connectivity index (χ1n) is 20.3. The smallest absolute Gasteiger partial charge is 0.193 e. The van der Waals surface area contributed by atoms with Crippen LogP contribution in [0, 0.1) is 0 Å². The Morgan fingerprint density at radius 1 is 0.362 bits per heavy atom. The van der Waals surface area contributed by atoms with Crippen molar-refractivity contribution in [3.63, 3.8) is 0 Å². The summed E-state index contributed by atoms with van der Waals surface area (Å²) in [5.41, 5.74) is 18.3. The Bertz CT molecular complexity index is 3170. The van der Waals surface area contributed by atoms with Crippen LogP contribution in [0.3, 0.4) is 0 Å². The number of hydrogen-bond acceptors (Lipinski definition) is 1. The lowest BCUT2D eigenvalue weighted by atomic mass is 9.82. The lowest BCUT2D eigenvalue weighted by molar-refractivity contribution is 0.103. The Balaban J connectivity index is 1.06. The van der Waals surface area contributed by atoms with E-state index in [1.807, 2.05) is 12.1 Å². The van der Waals surface area contributed by atoms with Crippen LogP contribution in [-0.2, 0) is 10.8 Å². The molecule has 8 aromatic carbocycles. The molecule has 0 atom stereocenters. The van der Waals surface area contributed by atoms with Gasteiger partial charge in [0, 0.05) is 54.9 Å². The normalized spacial score (nSPS) is 14.6. The molecule has 2 heterocycles. The van der Waals surface area contributed by atoms with Crippen LogP contribution in [0.5, 0.6) is 0 Å². The molecule has 0 N–H and O–H groups in total. The zero-order chi connectivity index (χ0) is 39.1. The van der Waals surface area contributed by atoms with Gasteiger partial charge in [-0.3, -0.25) is 4.79 Å². The third-order valence-corrected chi connectivity index (χ3v) is 13.5. The number of hydrogen-bond donors (Lipinski definition) is 0. The molecule has 10 aromatic rings. The first-order valence-corrected chi connectivity index (χ1v) is 20.3. The van der Waals surface area contributed by atoms with Crippen molar-refractivity contribution in [1.29, 1.82) is 0 Å². The summed E-state index contributed by atoms with van der Waals surface area (Å²) in [6.07, 6.45) is 0. The number of aromatic nitrogens is 2. The van der Waals surface area contributed by atoms with Crippen LogP contribution in [-0.4, -0.2) is 14.9 Å². The first-order chi connectivity index (χ1) is 28.2. The highest BCUT2D eigenvalue weighted by Crippen LogP contribution is 2.52. The van der Waals surface area contributed by atoms with Crippen LogP contribution in [0.25, 0.3) is 77.2 Å². The van der Waals surface area contributed by atoms with Gasteiger partial charge in [-0.15, -0.1) is 0 Å². The van der Waals surface area contributed by atoms with E-state index in [1.165, 1.54) is 44.5 Å². The number of fused-ring (bicyclic) bond motifs is 12. The summed E-state index contributed by atoms with van der Waals surface area (Å²) in [5, 5.41) is 4.46. The van der Waals surface area contributed by atoms with E-state index in [1.54, 1.807) is 0 Å². The summed E-state index contributed by atoms with van der Waals surface area (Å²) >= 11 is 0. The quantitative estimate of drug-likeness (QED) is 0.165. The monoisotopic (exact) mass is 744 g/mol. The molecule has 58 heavy (non-hydrogen) atoms. The molecule has 276 valence electrons. The molecular weight excluding hydrogens is 705 g/mol. The Morgan fingerprint density at radius 3 is 1.17 bits per heavy atom. The van der Waals surface area contributed by atoms with Crippen molar-refractivity contribution in [3.05, 3.63) is 203 Å². The maximum absolute atomic E-state index is 14.8. The number of carbonyl (C=O) groups is 1. The van der Waals surface area contributed by atoms with Crippen molar-refractivity contribution in [3.8, 4) is 33.6 Å². The van der Waals surface area contributed by atoms with Gasteiger partial charge in [0.05, 0.1) is 22.1 Å². The highest BCUT2D eigenvalue weighted by molar-refractivity contribution is 6.19. The predicted molar refractivity (Wildman–Crippen MR) is 240 cm³/mol. The van der Waals surface area contributed by atoms with Gasteiger partial charge in [-0.25, -0.2) is 0 Å². The van der Waals surface area contributed by atoms with Gasteiger partial charge >= 0.3 is 0 Å². The van der Waals surface area contributed by atoms with E-state index in [4.69, 9.17) is 0 Å². The van der Waals surface area contributed by atoms with Gasteiger partial charge in [-0.2, -0.15) is 0 Å². The van der Waals surface area contributed by atoms with Gasteiger partial charge in [0.2, 0.25) is 0 Å². The fourth-order valence-corrected chi connectivity index (χ4v) is 10.6. The minimum absolute atomic E-state index is 0.0188. The van der Waals surface area contributed by atoms with E-state index in [2.05, 4.69) is 195 Å². The maximum atomic E-state index is 14.8. The second-order valence-corrected chi connectivity index (χ2v) is 17.3. The molecule has 3 nitrogen and oxygen atoms in total. The molecule has 3 heteroatoms. The minimum atomic E-state index is -0.124. The largest absolute Gasteiger partial charge is 0.309 e. The molecule has 0 aliphatic heterocycles. The molecule has 2 aliphatic carbocycles. The minimum Gasteiger partial charge on any atom is -0.309 e. The lowest BCUT2D eigenvalue weighted by Gasteiger charge is -2.21. The highest BCUT2D eigenvalue weighted by Gasteiger charge is 2.37. The van der Waals surface area contributed by atoms with Crippen molar-refractivity contribution in [2.24, 2.45) is 0 Å². The summed E-state index contributed by atoms with van der Waals surface area (Å²) < 4.78 is 4.72. The Hall–Kier alpha value is -6.97. The van der Waals surface area contributed by atoms with Crippen LogP contribution in [0.4, 0.5) is 0 Å². The second-order valence-electron chi connectivity index (χ2n) is 17.3. The number of ketones is 1. The number of para-hydroxylation sites is 2. The molecule has 12 rings (SSSR count). The van der Waals surface area contributed by atoms with Crippen molar-refractivity contribution >= 4 is 49.4 Å². The van der Waals surface area contributed by atoms with E-state index < -0.39 is 0 Å². The standard InChI is InChI=1S/C55H40N2O/c1-54(2)45-21-13-11-19-37(45)39-29-43-41-27-33(23-25-49(41)56(51(43)31-47(39)54)35-15-7-5-8-16-35)53(58)34-24-26-50-42(28-34)44-30-40-38-20-12-14-22-46(38)55(3,4)48(40)32-52(44)57(50)36-17-9-6-10-18-36/h5-32H,1-4H3. The van der Waals surface area contributed by atoms with Crippen LogP contribution >= 0.6 is 0 Å². The molecule has 0 saturated heterocycles. The van der Waals surface area contributed by atoms with Gasteiger partial charge in [-0.05, 0) is 129 Å². The number of nitrogens with zero attached hydrogens (tertiary/aromatic N) is 2. The molecule has 2 aromatic heterocycles. The summed E-state index contributed by atoms with van der Waals surface area (Å²) in [6, 6.07) is 60.9. The Kier molecular flexibility index (Phi) is 6.61. The average Bonchev–Trinajstić information content (AvgIpc) is 3.90. The Labute approximate surface area is 337 Å². The first kappa shape index (κ1) is 33.2. The number of benzene rings is 8. The van der Waals surface area contributed by atoms with E-state index in [0.717, 1.165) is 55.0 Å². The summed E-state index contributed by atoms with van der Waals surface area (Å²) in [4.78, 5) is 14.8. The van der Waals surface area contributed by atoms with Gasteiger partial charge in [0.1, 0.15) is 0 Å².